The van der Waals surface area contributed by atoms with Gasteiger partial charge in [0.15, 0.2) is 11.5 Å². The number of carbonyl (C=O) groups excluding carboxylic acids is 1. The van der Waals surface area contributed by atoms with Crippen LogP contribution in [0.15, 0.2) is 18.2 Å². The van der Waals surface area contributed by atoms with Gasteiger partial charge in [0, 0.05) is 24.4 Å². The molecule has 1 amide bonds. The summed E-state index contributed by atoms with van der Waals surface area (Å²) in [6.07, 6.45) is 1.87. The fourth-order valence-corrected chi connectivity index (χ4v) is 4.10. The van der Waals surface area contributed by atoms with Crippen LogP contribution in [0.4, 0.5) is 0 Å². The zero-order valence-electron chi connectivity index (χ0n) is 18.4. The van der Waals surface area contributed by atoms with Crippen LogP contribution < -0.4 is 15.2 Å². The minimum absolute atomic E-state index is 0.0139. The zero-order chi connectivity index (χ0) is 21.3. The van der Waals surface area contributed by atoms with Gasteiger partial charge in [-0.2, -0.15) is 0 Å². The van der Waals surface area contributed by atoms with Crippen molar-refractivity contribution in [2.75, 3.05) is 26.8 Å². The van der Waals surface area contributed by atoms with E-state index in [9.17, 15) is 9.90 Å². The summed E-state index contributed by atoms with van der Waals surface area (Å²) in [5.74, 6) is 2.09. The van der Waals surface area contributed by atoms with Gasteiger partial charge in [-0.05, 0) is 49.3 Å². The maximum Gasteiger partial charge on any atom is 0.239 e. The van der Waals surface area contributed by atoms with Crippen molar-refractivity contribution in [3.8, 4) is 11.5 Å². The standard InChI is InChI=1S/C23H36N2O4/c1-14(2)21(24)22(27)25-11-18(23(4,13-25)15(3)26)17-8-9-19(28-5)20(10-17)29-12-16-6-7-16/h8-10,14-16,18,21,26H,6-7,11-13,24H2,1-5H3/t15?,18-,21+,23-/m0/s1. The second-order valence-corrected chi connectivity index (χ2v) is 9.39. The van der Waals surface area contributed by atoms with E-state index in [-0.39, 0.29) is 17.7 Å². The summed E-state index contributed by atoms with van der Waals surface area (Å²) < 4.78 is 11.5. The summed E-state index contributed by atoms with van der Waals surface area (Å²) in [5.41, 5.74) is 6.72. The van der Waals surface area contributed by atoms with E-state index in [4.69, 9.17) is 15.2 Å². The quantitative estimate of drug-likeness (QED) is 0.696. The van der Waals surface area contributed by atoms with Gasteiger partial charge < -0.3 is 25.2 Å². The molecule has 3 N–H and O–H groups in total. The molecule has 3 rings (SSSR count). The highest BCUT2D eigenvalue weighted by Gasteiger charge is 2.49. The molecular formula is C23H36N2O4. The molecule has 4 atom stereocenters. The highest BCUT2D eigenvalue weighted by molar-refractivity contribution is 5.82. The van der Waals surface area contributed by atoms with Crippen LogP contribution in [0, 0.1) is 17.3 Å². The maximum atomic E-state index is 12.9. The second-order valence-electron chi connectivity index (χ2n) is 9.39. The van der Waals surface area contributed by atoms with Crippen molar-refractivity contribution >= 4 is 5.91 Å². The van der Waals surface area contributed by atoms with E-state index >= 15 is 0 Å². The molecule has 162 valence electrons. The van der Waals surface area contributed by atoms with Crippen LogP contribution in [0.2, 0.25) is 0 Å². The van der Waals surface area contributed by atoms with Crippen molar-refractivity contribution in [2.45, 2.75) is 58.6 Å². The third-order valence-corrected chi connectivity index (χ3v) is 6.76. The minimum atomic E-state index is -0.571. The Labute approximate surface area is 174 Å². The smallest absolute Gasteiger partial charge is 0.239 e. The molecule has 1 saturated heterocycles. The van der Waals surface area contributed by atoms with Gasteiger partial charge in [-0.15, -0.1) is 0 Å². The number of carbonyl (C=O) groups is 1. The molecule has 0 spiro atoms. The molecule has 6 nitrogen and oxygen atoms in total. The van der Waals surface area contributed by atoms with Crippen LogP contribution >= 0.6 is 0 Å². The van der Waals surface area contributed by atoms with Gasteiger partial charge in [-0.1, -0.05) is 26.8 Å². The van der Waals surface area contributed by atoms with Crippen molar-refractivity contribution in [1.82, 2.24) is 4.90 Å². The number of nitrogens with zero attached hydrogens (tertiary/aromatic N) is 1. The Morgan fingerprint density at radius 1 is 1.31 bits per heavy atom. The Kier molecular flexibility index (Phi) is 6.44. The summed E-state index contributed by atoms with van der Waals surface area (Å²) in [4.78, 5) is 14.7. The summed E-state index contributed by atoms with van der Waals surface area (Å²) in [7, 11) is 1.64. The largest absolute Gasteiger partial charge is 0.493 e. The van der Waals surface area contributed by atoms with Crippen molar-refractivity contribution in [1.29, 1.82) is 0 Å². The minimum Gasteiger partial charge on any atom is -0.493 e. The van der Waals surface area contributed by atoms with E-state index < -0.39 is 17.6 Å². The van der Waals surface area contributed by atoms with E-state index in [0.717, 1.165) is 11.3 Å². The van der Waals surface area contributed by atoms with Crippen molar-refractivity contribution in [3.63, 3.8) is 0 Å². The van der Waals surface area contributed by atoms with Gasteiger partial charge in [0.25, 0.3) is 0 Å². The van der Waals surface area contributed by atoms with Crippen LogP contribution in [0.25, 0.3) is 0 Å². The first-order valence-corrected chi connectivity index (χ1v) is 10.7. The third kappa shape index (κ3) is 4.53. The van der Waals surface area contributed by atoms with E-state index in [0.29, 0.717) is 31.4 Å². The summed E-state index contributed by atoms with van der Waals surface area (Å²) in [6.45, 7) is 9.48. The van der Waals surface area contributed by atoms with Crippen LogP contribution in [0.3, 0.4) is 0 Å². The number of hydrogen-bond acceptors (Lipinski definition) is 5. The van der Waals surface area contributed by atoms with E-state index in [1.807, 2.05) is 43.9 Å². The molecule has 0 radical (unpaired) electrons. The predicted molar refractivity (Wildman–Crippen MR) is 113 cm³/mol. The lowest BCUT2D eigenvalue weighted by molar-refractivity contribution is -0.133. The Balaban J connectivity index is 1.88. The van der Waals surface area contributed by atoms with E-state index in [2.05, 4.69) is 0 Å². The number of hydrogen-bond donors (Lipinski definition) is 2. The average molecular weight is 405 g/mol. The number of aliphatic hydroxyl groups excluding tert-OH is 1. The molecule has 1 heterocycles. The first-order valence-electron chi connectivity index (χ1n) is 10.7. The molecule has 1 aliphatic heterocycles. The van der Waals surface area contributed by atoms with Gasteiger partial charge in [-0.3, -0.25) is 4.79 Å². The molecule has 2 aliphatic rings. The van der Waals surface area contributed by atoms with Crippen molar-refractivity contribution < 1.29 is 19.4 Å². The number of ether oxygens (including phenoxy) is 2. The number of aliphatic hydroxyl groups is 1. The lowest BCUT2D eigenvalue weighted by Crippen LogP contribution is -2.46. The average Bonchev–Trinajstić information content (AvgIpc) is 3.45. The fourth-order valence-electron chi connectivity index (χ4n) is 4.10. The molecular weight excluding hydrogens is 368 g/mol. The molecule has 1 saturated carbocycles. The van der Waals surface area contributed by atoms with E-state index in [1.165, 1.54) is 12.8 Å². The van der Waals surface area contributed by atoms with Gasteiger partial charge in [0.2, 0.25) is 5.91 Å². The number of benzene rings is 1. The monoisotopic (exact) mass is 404 g/mol. The zero-order valence-corrected chi connectivity index (χ0v) is 18.4. The number of amides is 1. The summed E-state index contributed by atoms with van der Waals surface area (Å²) in [5, 5.41) is 10.6. The third-order valence-electron chi connectivity index (χ3n) is 6.76. The Hall–Kier alpha value is -1.79. The summed E-state index contributed by atoms with van der Waals surface area (Å²) in [6, 6.07) is 5.43. The van der Waals surface area contributed by atoms with Gasteiger partial charge in [0.05, 0.1) is 25.9 Å². The van der Waals surface area contributed by atoms with Gasteiger partial charge in [-0.25, -0.2) is 0 Å². The molecule has 1 aromatic rings. The first-order chi connectivity index (χ1) is 13.7. The SMILES string of the molecule is COc1ccc([C@@H]2CN(C(=O)[C@H](N)C(C)C)C[C@@]2(C)C(C)O)cc1OCC1CC1. The topological polar surface area (TPSA) is 85.0 Å². The van der Waals surface area contributed by atoms with Crippen molar-refractivity contribution in [3.05, 3.63) is 23.8 Å². The molecule has 1 aliphatic carbocycles. The van der Waals surface area contributed by atoms with Crippen LogP contribution in [0.1, 0.15) is 52.0 Å². The number of methoxy groups -OCH3 is 1. The summed E-state index contributed by atoms with van der Waals surface area (Å²) >= 11 is 0. The Morgan fingerprint density at radius 3 is 2.55 bits per heavy atom. The normalized spacial score (nSPS) is 26.5. The number of rotatable bonds is 8. The van der Waals surface area contributed by atoms with Gasteiger partial charge in [0.1, 0.15) is 0 Å². The highest BCUT2D eigenvalue weighted by atomic mass is 16.5. The molecule has 0 aromatic heterocycles. The second kappa shape index (κ2) is 8.52. The Bertz CT molecular complexity index is 732. The van der Waals surface area contributed by atoms with Crippen LogP contribution in [-0.2, 0) is 4.79 Å². The lowest BCUT2D eigenvalue weighted by atomic mass is 9.72. The van der Waals surface area contributed by atoms with Gasteiger partial charge >= 0.3 is 0 Å². The molecule has 6 heteroatoms. The van der Waals surface area contributed by atoms with E-state index in [1.54, 1.807) is 14.0 Å². The maximum absolute atomic E-state index is 12.9. The molecule has 1 aromatic carbocycles. The molecule has 0 bridgehead atoms. The van der Waals surface area contributed by atoms with Crippen LogP contribution in [-0.4, -0.2) is 54.9 Å². The fraction of sp³-hybridized carbons (Fsp3) is 0.696. The van der Waals surface area contributed by atoms with Crippen LogP contribution in [0.5, 0.6) is 11.5 Å². The highest BCUT2D eigenvalue weighted by Crippen LogP contribution is 2.47. The van der Waals surface area contributed by atoms with Crippen molar-refractivity contribution in [2.24, 2.45) is 23.0 Å². The first kappa shape index (κ1) is 21.9. The number of nitrogens with two attached hydrogens (primary N) is 1. The lowest BCUT2D eigenvalue weighted by Gasteiger charge is -2.34. The molecule has 2 fully saturated rings. The predicted octanol–water partition coefficient (Wildman–Crippen LogP) is 2.78. The molecule has 29 heavy (non-hydrogen) atoms. The Morgan fingerprint density at radius 2 is 2.00 bits per heavy atom. The number of likely N-dealkylation sites (tertiary alicyclic amines) is 1. The molecule has 1 unspecified atom stereocenters.